The summed E-state index contributed by atoms with van der Waals surface area (Å²) in [6, 6.07) is 5.75. The molecule has 98 valence electrons. The molecule has 0 aliphatic carbocycles. The van der Waals surface area contributed by atoms with Crippen LogP contribution < -0.4 is 5.32 Å². The van der Waals surface area contributed by atoms with Crippen molar-refractivity contribution in [2.45, 2.75) is 33.6 Å². The molecule has 1 aromatic rings. The average molecular weight is 247 g/mol. The van der Waals surface area contributed by atoms with Gasteiger partial charge >= 0.3 is 5.97 Å². The molecule has 0 saturated carbocycles. The van der Waals surface area contributed by atoms with Crippen LogP contribution >= 0.6 is 0 Å². The van der Waals surface area contributed by atoms with Crippen LogP contribution in [0.5, 0.6) is 0 Å². The molecule has 1 aliphatic rings. The van der Waals surface area contributed by atoms with Gasteiger partial charge in [0, 0.05) is 12.2 Å². The zero-order valence-corrected chi connectivity index (χ0v) is 11.4. The molecule has 1 heterocycles. The highest BCUT2D eigenvalue weighted by atomic mass is 16.5. The monoisotopic (exact) mass is 247 g/mol. The summed E-state index contributed by atoms with van der Waals surface area (Å²) in [5, 5.41) is 3.27. The molecule has 0 aromatic heterocycles. The molecule has 0 atom stereocenters. The van der Waals surface area contributed by atoms with E-state index in [1.807, 2.05) is 18.2 Å². The van der Waals surface area contributed by atoms with Gasteiger partial charge in [-0.1, -0.05) is 26.8 Å². The Morgan fingerprint density at radius 1 is 1.39 bits per heavy atom. The van der Waals surface area contributed by atoms with Crippen LogP contribution in [0.3, 0.4) is 0 Å². The summed E-state index contributed by atoms with van der Waals surface area (Å²) in [6.45, 7) is 7.85. The quantitative estimate of drug-likeness (QED) is 0.833. The van der Waals surface area contributed by atoms with Gasteiger partial charge < -0.3 is 10.1 Å². The van der Waals surface area contributed by atoms with Crippen molar-refractivity contribution in [2.24, 2.45) is 5.41 Å². The standard InChI is InChI=1S/C15H21NO2/c1-15(2,3)7-9-18-14(17)12-5-4-11-6-8-16-13(11)10-12/h4-5,10,16H,6-9H2,1-3H3. The minimum Gasteiger partial charge on any atom is -0.462 e. The smallest absolute Gasteiger partial charge is 0.338 e. The van der Waals surface area contributed by atoms with Gasteiger partial charge in [0.15, 0.2) is 0 Å². The van der Waals surface area contributed by atoms with Crippen molar-refractivity contribution in [2.75, 3.05) is 18.5 Å². The van der Waals surface area contributed by atoms with Gasteiger partial charge in [-0.25, -0.2) is 4.79 Å². The predicted octanol–water partition coefficient (Wildman–Crippen LogP) is 3.25. The van der Waals surface area contributed by atoms with Crippen molar-refractivity contribution in [1.29, 1.82) is 0 Å². The Kier molecular flexibility index (Phi) is 3.60. The molecule has 0 bridgehead atoms. The van der Waals surface area contributed by atoms with Gasteiger partial charge in [-0.15, -0.1) is 0 Å². The van der Waals surface area contributed by atoms with Crippen LogP contribution in [0.25, 0.3) is 0 Å². The van der Waals surface area contributed by atoms with Crippen LogP contribution in [0.15, 0.2) is 18.2 Å². The lowest BCUT2D eigenvalue weighted by Crippen LogP contribution is -2.13. The largest absolute Gasteiger partial charge is 0.462 e. The molecule has 0 amide bonds. The van der Waals surface area contributed by atoms with Gasteiger partial charge in [-0.05, 0) is 36.0 Å². The molecule has 1 aromatic carbocycles. The second kappa shape index (κ2) is 5.01. The second-order valence-electron chi connectivity index (χ2n) is 6.00. The second-order valence-corrected chi connectivity index (χ2v) is 6.00. The van der Waals surface area contributed by atoms with E-state index in [1.54, 1.807) is 0 Å². The molecule has 1 N–H and O–H groups in total. The average Bonchev–Trinajstić information content (AvgIpc) is 2.73. The van der Waals surface area contributed by atoms with Crippen molar-refractivity contribution >= 4 is 11.7 Å². The van der Waals surface area contributed by atoms with E-state index in [0.29, 0.717) is 12.2 Å². The van der Waals surface area contributed by atoms with Crippen LogP contribution in [0.1, 0.15) is 43.1 Å². The van der Waals surface area contributed by atoms with E-state index in [2.05, 4.69) is 26.1 Å². The number of carbonyl (C=O) groups is 1. The van der Waals surface area contributed by atoms with E-state index in [-0.39, 0.29) is 11.4 Å². The molecule has 0 radical (unpaired) electrons. The van der Waals surface area contributed by atoms with Crippen LogP contribution in [-0.4, -0.2) is 19.1 Å². The highest BCUT2D eigenvalue weighted by Crippen LogP contribution is 2.24. The molecule has 0 saturated heterocycles. The number of hydrogen-bond acceptors (Lipinski definition) is 3. The number of anilines is 1. The number of hydrogen-bond donors (Lipinski definition) is 1. The molecule has 0 spiro atoms. The minimum atomic E-state index is -0.226. The normalized spacial score (nSPS) is 13.9. The number of esters is 1. The maximum atomic E-state index is 11.9. The first-order valence-corrected chi connectivity index (χ1v) is 6.50. The zero-order chi connectivity index (χ0) is 13.2. The Morgan fingerprint density at radius 2 is 2.17 bits per heavy atom. The lowest BCUT2D eigenvalue weighted by molar-refractivity contribution is 0.0465. The Hall–Kier alpha value is -1.51. The number of rotatable bonds is 3. The van der Waals surface area contributed by atoms with E-state index >= 15 is 0 Å². The van der Waals surface area contributed by atoms with Gasteiger partial charge in [0.2, 0.25) is 0 Å². The van der Waals surface area contributed by atoms with Crippen molar-refractivity contribution in [3.8, 4) is 0 Å². The third-order valence-corrected chi connectivity index (χ3v) is 3.14. The number of benzene rings is 1. The van der Waals surface area contributed by atoms with Crippen LogP contribution in [0.2, 0.25) is 0 Å². The summed E-state index contributed by atoms with van der Waals surface area (Å²) < 4.78 is 5.30. The van der Waals surface area contributed by atoms with E-state index < -0.39 is 0 Å². The molecule has 3 heteroatoms. The molecule has 0 unspecified atom stereocenters. The minimum absolute atomic E-state index is 0.194. The summed E-state index contributed by atoms with van der Waals surface area (Å²) in [5.74, 6) is -0.226. The molecule has 0 fully saturated rings. The number of ether oxygens (including phenoxy) is 1. The highest BCUT2D eigenvalue weighted by Gasteiger charge is 2.15. The van der Waals surface area contributed by atoms with Gasteiger partial charge in [0.25, 0.3) is 0 Å². The Morgan fingerprint density at radius 3 is 2.89 bits per heavy atom. The van der Waals surface area contributed by atoms with Crippen molar-refractivity contribution in [3.63, 3.8) is 0 Å². The first kappa shape index (κ1) is 12.9. The molecule has 1 aliphatic heterocycles. The molecule has 2 rings (SSSR count). The lowest BCUT2D eigenvalue weighted by Gasteiger charge is -2.17. The maximum Gasteiger partial charge on any atom is 0.338 e. The van der Waals surface area contributed by atoms with E-state index in [4.69, 9.17) is 4.74 Å². The maximum absolute atomic E-state index is 11.9. The summed E-state index contributed by atoms with van der Waals surface area (Å²) in [4.78, 5) is 11.9. The summed E-state index contributed by atoms with van der Waals surface area (Å²) >= 11 is 0. The molecule has 18 heavy (non-hydrogen) atoms. The van der Waals surface area contributed by atoms with Crippen molar-refractivity contribution in [3.05, 3.63) is 29.3 Å². The van der Waals surface area contributed by atoms with Crippen LogP contribution in [0.4, 0.5) is 5.69 Å². The fourth-order valence-corrected chi connectivity index (χ4v) is 1.95. The summed E-state index contributed by atoms with van der Waals surface area (Å²) in [5.41, 5.74) is 3.18. The first-order valence-electron chi connectivity index (χ1n) is 6.50. The molecular formula is C15H21NO2. The van der Waals surface area contributed by atoms with Crippen LogP contribution in [0, 0.1) is 5.41 Å². The van der Waals surface area contributed by atoms with Gasteiger partial charge in [-0.2, -0.15) is 0 Å². The number of carbonyl (C=O) groups excluding carboxylic acids is 1. The fourth-order valence-electron chi connectivity index (χ4n) is 1.95. The van der Waals surface area contributed by atoms with Crippen molar-refractivity contribution < 1.29 is 9.53 Å². The highest BCUT2D eigenvalue weighted by molar-refractivity contribution is 5.91. The topological polar surface area (TPSA) is 38.3 Å². The van der Waals surface area contributed by atoms with E-state index in [9.17, 15) is 4.79 Å². The van der Waals surface area contributed by atoms with E-state index in [1.165, 1.54) is 5.56 Å². The van der Waals surface area contributed by atoms with Crippen LogP contribution in [-0.2, 0) is 11.2 Å². The van der Waals surface area contributed by atoms with E-state index in [0.717, 1.165) is 25.1 Å². The number of nitrogens with one attached hydrogen (secondary N) is 1. The Bertz CT molecular complexity index is 446. The van der Waals surface area contributed by atoms with Gasteiger partial charge in [-0.3, -0.25) is 0 Å². The fraction of sp³-hybridized carbons (Fsp3) is 0.533. The Labute approximate surface area is 109 Å². The predicted molar refractivity (Wildman–Crippen MR) is 73.0 cm³/mol. The SMILES string of the molecule is CC(C)(C)CCOC(=O)c1ccc2c(c1)NCC2. The third kappa shape index (κ3) is 3.25. The first-order chi connectivity index (χ1) is 8.46. The van der Waals surface area contributed by atoms with Crippen molar-refractivity contribution in [1.82, 2.24) is 0 Å². The number of fused-ring (bicyclic) bond motifs is 1. The lowest BCUT2D eigenvalue weighted by atomic mass is 9.93. The third-order valence-electron chi connectivity index (χ3n) is 3.14. The molecule has 3 nitrogen and oxygen atoms in total. The summed E-state index contributed by atoms with van der Waals surface area (Å²) in [6.07, 6.45) is 1.91. The Balaban J connectivity index is 1.93. The van der Waals surface area contributed by atoms with Gasteiger partial charge in [0.1, 0.15) is 0 Å². The van der Waals surface area contributed by atoms with Gasteiger partial charge in [0.05, 0.1) is 12.2 Å². The zero-order valence-electron chi connectivity index (χ0n) is 11.4. The molecular weight excluding hydrogens is 226 g/mol. The summed E-state index contributed by atoms with van der Waals surface area (Å²) in [7, 11) is 0.